The highest BCUT2D eigenvalue weighted by atomic mass is 35.5. The van der Waals surface area contributed by atoms with Crippen molar-refractivity contribution in [1.29, 1.82) is 0 Å². The number of nitrogens with one attached hydrogen (secondary N) is 1. The van der Waals surface area contributed by atoms with Crippen molar-refractivity contribution in [2.45, 2.75) is 37.5 Å². The van der Waals surface area contributed by atoms with Crippen LogP contribution in [0.1, 0.15) is 46.7 Å². The molecule has 37 heavy (non-hydrogen) atoms. The summed E-state index contributed by atoms with van der Waals surface area (Å²) in [5.41, 5.74) is -0.704. The molecule has 0 saturated heterocycles. The molecule has 1 atom stereocenters. The Morgan fingerprint density at radius 2 is 1.59 bits per heavy atom. The van der Waals surface area contributed by atoms with E-state index in [2.05, 4.69) is 5.32 Å². The minimum absolute atomic E-state index is 0.0155. The van der Waals surface area contributed by atoms with Gasteiger partial charge in [0.15, 0.2) is 5.78 Å². The first kappa shape index (κ1) is 30.0. The van der Waals surface area contributed by atoms with Crippen LogP contribution in [0.5, 0.6) is 0 Å². The Labute approximate surface area is 233 Å². The van der Waals surface area contributed by atoms with Crippen LogP contribution < -0.4 is 5.32 Å². The van der Waals surface area contributed by atoms with Crippen molar-refractivity contribution in [1.82, 2.24) is 5.32 Å². The third kappa shape index (κ3) is 7.76. The van der Waals surface area contributed by atoms with Gasteiger partial charge in [0.25, 0.3) is 0 Å². The molecule has 2 nitrogen and oxygen atoms in total. The molecular weight excluding hydrogens is 606 g/mol. The van der Waals surface area contributed by atoms with Gasteiger partial charge >= 0.3 is 12.4 Å². The molecule has 0 aromatic heterocycles. The van der Waals surface area contributed by atoms with Crippen LogP contribution in [-0.2, 0) is 0 Å². The minimum atomic E-state index is -4.67. The zero-order valence-corrected chi connectivity index (χ0v) is 22.4. The number of benzene rings is 2. The van der Waals surface area contributed by atoms with Crippen molar-refractivity contribution in [3.63, 3.8) is 0 Å². The molecule has 200 valence electrons. The molecule has 2 aromatic rings. The van der Waals surface area contributed by atoms with Gasteiger partial charge in [0, 0.05) is 17.4 Å². The zero-order chi connectivity index (χ0) is 27.8. The second-order valence-corrected chi connectivity index (χ2v) is 10.6. The van der Waals surface area contributed by atoms with Gasteiger partial charge in [-0.2, -0.15) is 26.3 Å². The lowest BCUT2D eigenvalue weighted by Gasteiger charge is -2.19. The second-order valence-electron chi connectivity index (χ2n) is 8.59. The first-order chi connectivity index (χ1) is 17.0. The van der Waals surface area contributed by atoms with Crippen LogP contribution in [0.2, 0.25) is 20.1 Å². The maximum absolute atomic E-state index is 13.8. The molecule has 0 aliphatic heterocycles. The number of carbonyl (C=O) groups excluding carboxylic acids is 1. The topological polar surface area (TPSA) is 29.1 Å². The van der Waals surface area contributed by atoms with E-state index in [1.165, 1.54) is 24.3 Å². The fourth-order valence-electron chi connectivity index (χ4n) is 3.64. The fourth-order valence-corrected chi connectivity index (χ4v) is 4.89. The predicted octanol–water partition coefficient (Wildman–Crippen LogP) is 9.49. The largest absolute Gasteiger partial charge is 0.405 e. The summed E-state index contributed by atoms with van der Waals surface area (Å²) >= 11 is 28.9. The maximum atomic E-state index is 13.8. The van der Waals surface area contributed by atoms with Gasteiger partial charge in [-0.15, -0.1) is 0 Å². The van der Waals surface area contributed by atoms with E-state index in [4.69, 9.17) is 58.6 Å². The third-order valence-corrected chi connectivity index (χ3v) is 7.86. The highest BCUT2D eigenvalue weighted by Gasteiger charge is 2.49. The average Bonchev–Trinajstić information content (AvgIpc) is 3.55. The third-order valence-electron chi connectivity index (χ3n) is 5.78. The van der Waals surface area contributed by atoms with E-state index in [9.17, 15) is 31.1 Å². The summed E-state index contributed by atoms with van der Waals surface area (Å²) in [6.45, 7) is -1.29. The van der Waals surface area contributed by atoms with E-state index >= 15 is 0 Å². The predicted molar refractivity (Wildman–Crippen MR) is 138 cm³/mol. The van der Waals surface area contributed by atoms with E-state index in [0.29, 0.717) is 12.8 Å². The molecule has 3 rings (SSSR count). The normalized spacial score (nSPS) is 16.1. The van der Waals surface area contributed by atoms with Crippen molar-refractivity contribution in [3.05, 3.63) is 73.2 Å². The highest BCUT2D eigenvalue weighted by Crippen LogP contribution is 2.50. The molecule has 0 heterocycles. The molecule has 1 aliphatic rings. The van der Waals surface area contributed by atoms with Crippen LogP contribution in [0.15, 0.2) is 36.4 Å². The number of alkyl halides is 6. The summed E-state index contributed by atoms with van der Waals surface area (Å²) in [6, 6.07) is 6.24. The number of thiocarbonyl (C=S) groups is 1. The van der Waals surface area contributed by atoms with Crippen LogP contribution >= 0.6 is 58.6 Å². The summed E-state index contributed by atoms with van der Waals surface area (Å²) in [4.78, 5) is 12.8. The standard InChI is InChI=1S/C24H17Cl4F6NOS/c25-16-7-12(2-4-15(24(32,33)34)13-8-17(26)20(28)18(27)9-13)1-3-14(16)19(36)10-22(5-6-22)21(37)35-11-23(29,30)31/h1-4,7-9,15H,5-6,10-11H2,(H,35,37)/b4-2+. The molecule has 1 saturated carbocycles. The fraction of sp³-hybridized carbons (Fsp3) is 0.333. The average molecular weight is 623 g/mol. The lowest BCUT2D eigenvalue weighted by Crippen LogP contribution is -2.38. The van der Waals surface area contributed by atoms with Gasteiger partial charge in [-0.3, -0.25) is 4.79 Å². The Kier molecular flexibility index (Phi) is 9.17. The molecule has 1 unspecified atom stereocenters. The van der Waals surface area contributed by atoms with Crippen LogP contribution in [0.25, 0.3) is 6.08 Å². The van der Waals surface area contributed by atoms with Gasteiger partial charge in [-0.05, 0) is 48.2 Å². The monoisotopic (exact) mass is 621 g/mol. The molecular formula is C24H17Cl4F6NOS. The molecule has 0 bridgehead atoms. The van der Waals surface area contributed by atoms with E-state index < -0.39 is 36.0 Å². The summed E-state index contributed by atoms with van der Waals surface area (Å²) in [5, 5.41) is 1.84. The number of rotatable bonds is 8. The molecule has 13 heteroatoms. The number of carbonyl (C=O) groups is 1. The Morgan fingerprint density at radius 1 is 1.00 bits per heavy atom. The van der Waals surface area contributed by atoms with Crippen molar-refractivity contribution in [2.75, 3.05) is 6.54 Å². The molecule has 0 spiro atoms. The Hall–Kier alpha value is -1.52. The van der Waals surface area contributed by atoms with E-state index in [1.54, 1.807) is 0 Å². The van der Waals surface area contributed by atoms with Gasteiger partial charge in [0.2, 0.25) is 0 Å². The highest BCUT2D eigenvalue weighted by molar-refractivity contribution is 7.80. The quantitative estimate of drug-likeness (QED) is 0.138. The first-order valence-corrected chi connectivity index (χ1v) is 12.5. The molecule has 1 N–H and O–H groups in total. The number of hydrogen-bond acceptors (Lipinski definition) is 2. The number of ketones is 1. The minimum Gasteiger partial charge on any atom is -0.371 e. The second kappa shape index (κ2) is 11.3. The zero-order valence-electron chi connectivity index (χ0n) is 18.5. The lowest BCUT2D eigenvalue weighted by molar-refractivity contribution is -0.139. The van der Waals surface area contributed by atoms with Crippen LogP contribution in [0.4, 0.5) is 26.3 Å². The van der Waals surface area contributed by atoms with Gasteiger partial charge in [-0.25, -0.2) is 0 Å². The SMILES string of the molecule is O=C(CC1(C(=S)NCC(F)(F)F)CC1)c1ccc(/C=C/C(c2cc(Cl)c(Cl)c(Cl)c2)C(F)(F)F)cc1Cl. The molecule has 1 fully saturated rings. The van der Waals surface area contributed by atoms with Crippen molar-refractivity contribution in [3.8, 4) is 0 Å². The van der Waals surface area contributed by atoms with Gasteiger partial charge in [0.05, 0.1) is 31.0 Å². The summed E-state index contributed by atoms with van der Waals surface area (Å²) in [6.07, 6.45) is -6.27. The Morgan fingerprint density at radius 3 is 2.08 bits per heavy atom. The smallest absolute Gasteiger partial charge is 0.371 e. The van der Waals surface area contributed by atoms with Gasteiger partial charge in [0.1, 0.15) is 6.54 Å². The Bertz CT molecular complexity index is 1220. The maximum Gasteiger partial charge on any atom is 0.405 e. The van der Waals surface area contributed by atoms with Gasteiger partial charge in [-0.1, -0.05) is 76.8 Å². The number of halogens is 10. The molecule has 0 amide bonds. The van der Waals surface area contributed by atoms with E-state index in [-0.39, 0.29) is 48.2 Å². The summed E-state index contributed by atoms with van der Waals surface area (Å²) in [7, 11) is 0. The van der Waals surface area contributed by atoms with Gasteiger partial charge < -0.3 is 5.32 Å². The van der Waals surface area contributed by atoms with E-state index in [0.717, 1.165) is 18.2 Å². The number of Topliss-reactive ketones (excluding diaryl/α,β-unsaturated/α-hetero) is 1. The molecule has 1 aliphatic carbocycles. The number of hydrogen-bond donors (Lipinski definition) is 1. The lowest BCUT2D eigenvalue weighted by atomic mass is 9.94. The Balaban J connectivity index is 1.76. The molecule has 2 aromatic carbocycles. The van der Waals surface area contributed by atoms with Crippen LogP contribution in [-0.4, -0.2) is 29.7 Å². The van der Waals surface area contributed by atoms with Crippen molar-refractivity contribution in [2.24, 2.45) is 5.41 Å². The summed E-state index contributed by atoms with van der Waals surface area (Å²) in [5.74, 6) is -2.49. The number of allylic oxidation sites excluding steroid dienone is 1. The van der Waals surface area contributed by atoms with E-state index in [1.807, 2.05) is 0 Å². The molecule has 0 radical (unpaired) electrons. The van der Waals surface area contributed by atoms with Crippen molar-refractivity contribution >= 4 is 75.5 Å². The first-order valence-electron chi connectivity index (χ1n) is 10.6. The summed E-state index contributed by atoms with van der Waals surface area (Å²) < 4.78 is 78.7. The van der Waals surface area contributed by atoms with Crippen LogP contribution in [0, 0.1) is 5.41 Å². The van der Waals surface area contributed by atoms with Crippen molar-refractivity contribution < 1.29 is 31.1 Å². The van der Waals surface area contributed by atoms with Crippen LogP contribution in [0.3, 0.4) is 0 Å².